The lowest BCUT2D eigenvalue weighted by atomic mass is 10.2. The highest BCUT2D eigenvalue weighted by Crippen LogP contribution is 2.29. The Balaban J connectivity index is 1.91. The molecule has 0 spiro atoms. The minimum atomic E-state index is 0.466. The van der Waals surface area contributed by atoms with Gasteiger partial charge in [-0.15, -0.1) is 0 Å². The Morgan fingerprint density at radius 1 is 1.10 bits per heavy atom. The minimum Gasteiger partial charge on any atom is -0.369 e. The van der Waals surface area contributed by atoms with Crippen LogP contribution in [0.1, 0.15) is 5.56 Å². The van der Waals surface area contributed by atoms with E-state index in [9.17, 15) is 0 Å². The topological polar surface area (TPSA) is 41.6 Å². The Morgan fingerprint density at radius 2 is 1.90 bits per heavy atom. The minimum absolute atomic E-state index is 0.466. The molecule has 5 heteroatoms. The van der Waals surface area contributed by atoms with Crippen molar-refractivity contribution in [2.75, 3.05) is 11.4 Å². The molecule has 0 bridgehead atoms. The molecule has 0 saturated heterocycles. The summed E-state index contributed by atoms with van der Waals surface area (Å²) in [5.41, 5.74) is 9.22. The first-order valence-electron chi connectivity index (χ1n) is 6.30. The summed E-state index contributed by atoms with van der Waals surface area (Å²) >= 11 is 11.9. The molecule has 2 aromatic carbocycles. The molecule has 0 aliphatic carbocycles. The quantitative estimate of drug-likeness (QED) is 0.639. The van der Waals surface area contributed by atoms with E-state index in [1.54, 1.807) is 18.2 Å². The zero-order valence-electron chi connectivity index (χ0n) is 10.7. The second kappa shape index (κ2) is 5.35. The highest BCUT2D eigenvalue weighted by Gasteiger charge is 2.20. The molecule has 0 saturated carbocycles. The van der Waals surface area contributed by atoms with E-state index >= 15 is 0 Å². The van der Waals surface area contributed by atoms with Crippen molar-refractivity contribution in [1.82, 2.24) is 0 Å². The van der Waals surface area contributed by atoms with Crippen LogP contribution in [0.5, 0.6) is 0 Å². The van der Waals surface area contributed by atoms with Crippen LogP contribution in [0.25, 0.3) is 0 Å². The number of nitrogens with zero attached hydrogens (tertiary/aromatic N) is 2. The van der Waals surface area contributed by atoms with Gasteiger partial charge in [0.1, 0.15) is 0 Å². The molecule has 0 amide bonds. The first kappa shape index (κ1) is 13.3. The largest absolute Gasteiger partial charge is 0.369 e. The molecule has 2 aromatic rings. The van der Waals surface area contributed by atoms with Crippen molar-refractivity contribution in [2.45, 2.75) is 6.42 Å². The summed E-state index contributed by atoms with van der Waals surface area (Å²) < 4.78 is 0. The summed E-state index contributed by atoms with van der Waals surface area (Å²) in [6.45, 7) is 0.843. The lowest BCUT2D eigenvalue weighted by molar-refractivity contribution is 1.01. The summed E-state index contributed by atoms with van der Waals surface area (Å²) in [6.07, 6.45) is 0.980. The Morgan fingerprint density at radius 3 is 2.70 bits per heavy atom. The van der Waals surface area contributed by atoms with Gasteiger partial charge in [0.25, 0.3) is 0 Å². The van der Waals surface area contributed by atoms with Crippen molar-refractivity contribution in [2.24, 2.45) is 10.7 Å². The number of fused-ring (bicyclic) bond motifs is 1. The summed E-state index contributed by atoms with van der Waals surface area (Å²) in [6, 6.07) is 13.4. The molecule has 0 fully saturated rings. The van der Waals surface area contributed by atoms with E-state index in [1.165, 1.54) is 5.56 Å². The van der Waals surface area contributed by atoms with Gasteiger partial charge in [0.15, 0.2) is 0 Å². The van der Waals surface area contributed by atoms with E-state index in [2.05, 4.69) is 17.1 Å². The second-order valence-electron chi connectivity index (χ2n) is 4.60. The van der Waals surface area contributed by atoms with E-state index < -0.39 is 0 Å². The number of aliphatic imine (C=N–C) groups is 1. The Bertz CT molecular complexity index is 683. The Labute approximate surface area is 127 Å². The number of para-hydroxylation sites is 1. The zero-order valence-corrected chi connectivity index (χ0v) is 12.2. The third kappa shape index (κ3) is 2.47. The predicted octanol–water partition coefficient (Wildman–Crippen LogP) is 4.00. The summed E-state index contributed by atoms with van der Waals surface area (Å²) in [4.78, 5) is 6.43. The van der Waals surface area contributed by atoms with E-state index in [4.69, 9.17) is 28.9 Å². The number of nitrogens with two attached hydrogens (primary N) is 1. The third-order valence-corrected chi connectivity index (χ3v) is 4.05. The van der Waals surface area contributed by atoms with Gasteiger partial charge < -0.3 is 10.6 Å². The van der Waals surface area contributed by atoms with Crippen LogP contribution in [0.15, 0.2) is 47.5 Å². The van der Waals surface area contributed by atoms with Crippen molar-refractivity contribution in [3.05, 3.63) is 58.1 Å². The van der Waals surface area contributed by atoms with E-state index in [0.717, 1.165) is 18.7 Å². The molecule has 1 aliphatic rings. The van der Waals surface area contributed by atoms with Crippen LogP contribution in [0.4, 0.5) is 11.4 Å². The molecule has 1 aliphatic heterocycles. The summed E-state index contributed by atoms with van der Waals surface area (Å²) in [7, 11) is 0. The molecule has 0 radical (unpaired) electrons. The lowest BCUT2D eigenvalue weighted by Gasteiger charge is -2.18. The number of halogens is 2. The fourth-order valence-corrected chi connectivity index (χ4v) is 2.62. The van der Waals surface area contributed by atoms with E-state index in [0.29, 0.717) is 21.7 Å². The molecular weight excluding hydrogens is 293 g/mol. The Kier molecular flexibility index (Phi) is 3.55. The standard InChI is InChI=1S/C15H13Cl2N3/c16-12-6-5-11(9-13(12)17)19-15(18)20-8-7-10-3-1-2-4-14(10)20/h1-6,9H,7-8H2,(H2,18,19). The number of rotatable bonds is 1. The average molecular weight is 306 g/mol. The maximum atomic E-state index is 6.11. The van der Waals surface area contributed by atoms with Crippen LogP contribution in [-0.4, -0.2) is 12.5 Å². The lowest BCUT2D eigenvalue weighted by Crippen LogP contribution is -2.35. The van der Waals surface area contributed by atoms with Crippen molar-refractivity contribution in [3.8, 4) is 0 Å². The van der Waals surface area contributed by atoms with Crippen LogP contribution in [-0.2, 0) is 6.42 Å². The molecule has 0 atom stereocenters. The van der Waals surface area contributed by atoms with Gasteiger partial charge >= 0.3 is 0 Å². The van der Waals surface area contributed by atoms with Crippen LogP contribution >= 0.6 is 23.2 Å². The number of hydrogen-bond acceptors (Lipinski definition) is 1. The van der Waals surface area contributed by atoms with E-state index in [1.807, 2.05) is 17.0 Å². The van der Waals surface area contributed by atoms with Gasteiger partial charge in [-0.1, -0.05) is 41.4 Å². The first-order chi connectivity index (χ1) is 9.65. The molecule has 1 heterocycles. The number of guanidine groups is 1. The number of benzene rings is 2. The third-order valence-electron chi connectivity index (χ3n) is 3.31. The highest BCUT2D eigenvalue weighted by molar-refractivity contribution is 6.42. The monoisotopic (exact) mass is 305 g/mol. The smallest absolute Gasteiger partial charge is 0.201 e. The van der Waals surface area contributed by atoms with Crippen molar-refractivity contribution in [1.29, 1.82) is 0 Å². The normalized spacial score (nSPS) is 14.5. The van der Waals surface area contributed by atoms with Gasteiger partial charge in [-0.25, -0.2) is 4.99 Å². The maximum Gasteiger partial charge on any atom is 0.201 e. The molecule has 3 nitrogen and oxygen atoms in total. The zero-order chi connectivity index (χ0) is 14.1. The number of hydrogen-bond donors (Lipinski definition) is 1. The van der Waals surface area contributed by atoms with Gasteiger partial charge in [0.2, 0.25) is 5.96 Å². The molecule has 0 unspecified atom stereocenters. The fourth-order valence-electron chi connectivity index (χ4n) is 2.32. The van der Waals surface area contributed by atoms with Gasteiger partial charge in [0, 0.05) is 12.2 Å². The second-order valence-corrected chi connectivity index (χ2v) is 5.41. The van der Waals surface area contributed by atoms with Crippen molar-refractivity contribution >= 4 is 40.5 Å². The maximum absolute atomic E-state index is 6.11. The van der Waals surface area contributed by atoms with E-state index in [-0.39, 0.29) is 0 Å². The van der Waals surface area contributed by atoms with Gasteiger partial charge in [-0.2, -0.15) is 0 Å². The van der Waals surface area contributed by atoms with Crippen molar-refractivity contribution < 1.29 is 0 Å². The van der Waals surface area contributed by atoms with Gasteiger partial charge in [0.05, 0.1) is 15.7 Å². The van der Waals surface area contributed by atoms with Crippen LogP contribution < -0.4 is 10.6 Å². The molecule has 3 rings (SSSR count). The summed E-state index contributed by atoms with van der Waals surface area (Å²) in [5, 5.41) is 0.984. The number of anilines is 1. The van der Waals surface area contributed by atoms with Crippen molar-refractivity contribution in [3.63, 3.8) is 0 Å². The molecular formula is C15H13Cl2N3. The van der Waals surface area contributed by atoms with Gasteiger partial charge in [-0.05, 0) is 36.2 Å². The van der Waals surface area contributed by atoms with Crippen LogP contribution in [0.2, 0.25) is 10.0 Å². The summed E-state index contributed by atoms with van der Waals surface area (Å²) in [5.74, 6) is 0.466. The molecule has 0 aromatic heterocycles. The highest BCUT2D eigenvalue weighted by atomic mass is 35.5. The average Bonchev–Trinajstić information content (AvgIpc) is 2.87. The first-order valence-corrected chi connectivity index (χ1v) is 7.05. The molecule has 2 N–H and O–H groups in total. The van der Waals surface area contributed by atoms with Crippen LogP contribution in [0.3, 0.4) is 0 Å². The fraction of sp³-hybridized carbons (Fsp3) is 0.133. The predicted molar refractivity (Wildman–Crippen MR) is 85.2 cm³/mol. The molecule has 20 heavy (non-hydrogen) atoms. The molecule has 102 valence electrons. The SMILES string of the molecule is NC(=Nc1ccc(Cl)c(Cl)c1)N1CCc2ccccc21. The van der Waals surface area contributed by atoms with Crippen LogP contribution in [0, 0.1) is 0 Å². The van der Waals surface area contributed by atoms with Gasteiger partial charge in [-0.3, -0.25) is 0 Å². The Hall–Kier alpha value is -1.71.